The summed E-state index contributed by atoms with van der Waals surface area (Å²) in [6, 6.07) is 13.5. The molecule has 2 aromatic rings. The Morgan fingerprint density at radius 2 is 1.70 bits per heavy atom. The Labute approximate surface area is 137 Å². The van der Waals surface area contributed by atoms with E-state index in [0.29, 0.717) is 10.5 Å². The molecule has 3 nitrogen and oxygen atoms in total. The van der Waals surface area contributed by atoms with Gasteiger partial charge in [0.15, 0.2) is 0 Å². The van der Waals surface area contributed by atoms with Crippen LogP contribution in [0.2, 0.25) is 0 Å². The molecule has 1 saturated heterocycles. The van der Waals surface area contributed by atoms with Crippen LogP contribution in [0.15, 0.2) is 53.4 Å². The maximum Gasteiger partial charge on any atom is 0.293 e. The van der Waals surface area contributed by atoms with Gasteiger partial charge in [0.1, 0.15) is 5.82 Å². The molecule has 0 radical (unpaired) electrons. The van der Waals surface area contributed by atoms with Crippen LogP contribution >= 0.6 is 11.8 Å². The van der Waals surface area contributed by atoms with Crippen LogP contribution < -0.4 is 0 Å². The second kappa shape index (κ2) is 6.38. The highest BCUT2D eigenvalue weighted by Crippen LogP contribution is 2.33. The summed E-state index contributed by atoms with van der Waals surface area (Å²) in [5, 5.41) is -0.308. The summed E-state index contributed by atoms with van der Waals surface area (Å²) < 4.78 is 12.9. The van der Waals surface area contributed by atoms with Gasteiger partial charge < -0.3 is 0 Å². The van der Waals surface area contributed by atoms with E-state index in [1.165, 1.54) is 17.0 Å². The van der Waals surface area contributed by atoms with Crippen molar-refractivity contribution < 1.29 is 14.0 Å². The summed E-state index contributed by atoms with van der Waals surface area (Å²) in [6.45, 7) is 2.14. The van der Waals surface area contributed by atoms with E-state index < -0.39 is 0 Å². The topological polar surface area (TPSA) is 37.4 Å². The van der Waals surface area contributed by atoms with Gasteiger partial charge in [0.2, 0.25) is 0 Å². The molecule has 0 spiro atoms. The van der Waals surface area contributed by atoms with Crippen molar-refractivity contribution in [2.75, 3.05) is 0 Å². The number of hydrogen-bond acceptors (Lipinski definition) is 3. The highest BCUT2D eigenvalue weighted by atomic mass is 32.2. The summed E-state index contributed by atoms with van der Waals surface area (Å²) in [5.74, 6) is -0.660. The first-order valence-electron chi connectivity index (χ1n) is 7.09. The molecule has 0 atom stereocenters. The van der Waals surface area contributed by atoms with E-state index in [2.05, 4.69) is 0 Å². The Bertz CT molecular complexity index is 782. The van der Waals surface area contributed by atoms with Crippen LogP contribution in [-0.2, 0) is 11.3 Å². The first kappa shape index (κ1) is 15.5. The molecule has 2 amide bonds. The predicted octanol–water partition coefficient (Wildman–Crippen LogP) is 4.37. The lowest BCUT2D eigenvalue weighted by atomic mass is 10.1. The molecule has 0 N–H and O–H groups in total. The Morgan fingerprint density at radius 3 is 2.35 bits per heavy atom. The Kier molecular flexibility index (Phi) is 4.30. The zero-order chi connectivity index (χ0) is 16.4. The van der Waals surface area contributed by atoms with Crippen LogP contribution in [0.25, 0.3) is 6.08 Å². The number of imide groups is 1. The number of carbonyl (C=O) groups excluding carboxylic acids is 2. The van der Waals surface area contributed by atoms with E-state index in [4.69, 9.17) is 0 Å². The number of nitrogens with zero attached hydrogens (tertiary/aromatic N) is 1. The number of amides is 2. The monoisotopic (exact) mass is 327 g/mol. The molecule has 23 heavy (non-hydrogen) atoms. The number of thioether (sulfide) groups is 1. The van der Waals surface area contributed by atoms with Gasteiger partial charge in [-0.2, -0.15) is 0 Å². The van der Waals surface area contributed by atoms with Gasteiger partial charge in [-0.25, -0.2) is 4.39 Å². The smallest absolute Gasteiger partial charge is 0.268 e. The summed E-state index contributed by atoms with van der Waals surface area (Å²) in [5.41, 5.74) is 2.72. The van der Waals surface area contributed by atoms with Crippen molar-refractivity contribution in [2.24, 2.45) is 0 Å². The quantitative estimate of drug-likeness (QED) is 0.786. The summed E-state index contributed by atoms with van der Waals surface area (Å²) in [4.78, 5) is 26.0. The molecule has 0 aliphatic carbocycles. The molecule has 1 heterocycles. The number of aryl methyl sites for hydroxylation is 1. The molecule has 0 bridgehead atoms. The zero-order valence-electron chi connectivity index (χ0n) is 12.5. The molecule has 1 fully saturated rings. The van der Waals surface area contributed by atoms with Crippen LogP contribution in [0.3, 0.4) is 0 Å². The normalized spacial score (nSPS) is 16.4. The van der Waals surface area contributed by atoms with Gasteiger partial charge in [-0.1, -0.05) is 42.0 Å². The van der Waals surface area contributed by atoms with Crippen molar-refractivity contribution in [3.8, 4) is 0 Å². The number of halogens is 1. The van der Waals surface area contributed by atoms with E-state index in [9.17, 15) is 14.0 Å². The number of carbonyl (C=O) groups is 2. The lowest BCUT2D eigenvalue weighted by molar-refractivity contribution is -0.123. The van der Waals surface area contributed by atoms with Gasteiger partial charge in [-0.05, 0) is 48.0 Å². The van der Waals surface area contributed by atoms with Crippen molar-refractivity contribution >= 4 is 29.0 Å². The lowest BCUT2D eigenvalue weighted by Gasteiger charge is -2.12. The average molecular weight is 327 g/mol. The SMILES string of the molecule is Cc1ccc(C=C2SC(=O)N(Cc3ccc(F)cc3)C2=O)cc1. The standard InChI is InChI=1S/C18H14FNO2S/c1-12-2-4-13(5-3-12)10-16-17(21)20(18(22)23-16)11-14-6-8-15(19)9-7-14/h2-10H,11H2,1H3. The third kappa shape index (κ3) is 3.51. The molecule has 0 aromatic heterocycles. The number of rotatable bonds is 3. The first-order valence-corrected chi connectivity index (χ1v) is 7.91. The van der Waals surface area contributed by atoms with Gasteiger partial charge in [0.05, 0.1) is 11.4 Å². The van der Waals surface area contributed by atoms with Crippen molar-refractivity contribution in [3.63, 3.8) is 0 Å². The van der Waals surface area contributed by atoms with Crippen molar-refractivity contribution in [3.05, 3.63) is 75.9 Å². The van der Waals surface area contributed by atoms with Crippen molar-refractivity contribution in [2.45, 2.75) is 13.5 Å². The molecular weight excluding hydrogens is 313 g/mol. The van der Waals surface area contributed by atoms with Gasteiger partial charge in [-0.3, -0.25) is 14.5 Å². The minimum absolute atomic E-state index is 0.149. The molecule has 116 valence electrons. The predicted molar refractivity (Wildman–Crippen MR) is 89.1 cm³/mol. The maximum atomic E-state index is 12.9. The van der Waals surface area contributed by atoms with E-state index in [0.717, 1.165) is 22.9 Å². The van der Waals surface area contributed by atoms with Gasteiger partial charge in [0.25, 0.3) is 11.1 Å². The van der Waals surface area contributed by atoms with Gasteiger partial charge in [0, 0.05) is 0 Å². The fourth-order valence-electron chi connectivity index (χ4n) is 2.22. The zero-order valence-corrected chi connectivity index (χ0v) is 13.3. The molecular formula is C18H14FNO2S. The molecule has 0 saturated carbocycles. The van der Waals surface area contributed by atoms with E-state index in [-0.39, 0.29) is 23.5 Å². The molecule has 1 aliphatic heterocycles. The van der Waals surface area contributed by atoms with Crippen molar-refractivity contribution in [1.82, 2.24) is 4.90 Å². The summed E-state index contributed by atoms with van der Waals surface area (Å²) in [6.07, 6.45) is 1.72. The fourth-order valence-corrected chi connectivity index (χ4v) is 3.06. The van der Waals surface area contributed by atoms with Crippen LogP contribution in [0.4, 0.5) is 9.18 Å². The van der Waals surface area contributed by atoms with E-state index in [1.54, 1.807) is 18.2 Å². The Hall–Kier alpha value is -2.40. The number of benzene rings is 2. The molecule has 2 aromatic carbocycles. The third-order valence-corrected chi connectivity index (χ3v) is 4.41. The van der Waals surface area contributed by atoms with Crippen molar-refractivity contribution in [1.29, 1.82) is 0 Å². The minimum atomic E-state index is -0.345. The number of hydrogen-bond donors (Lipinski definition) is 0. The van der Waals surface area contributed by atoms with Crippen LogP contribution in [0.5, 0.6) is 0 Å². The molecule has 0 unspecified atom stereocenters. The first-order chi connectivity index (χ1) is 11.0. The lowest BCUT2D eigenvalue weighted by Crippen LogP contribution is -2.27. The van der Waals surface area contributed by atoms with Gasteiger partial charge >= 0.3 is 0 Å². The van der Waals surface area contributed by atoms with Crippen LogP contribution in [0.1, 0.15) is 16.7 Å². The molecule has 3 rings (SSSR count). The second-order valence-electron chi connectivity index (χ2n) is 5.31. The van der Waals surface area contributed by atoms with E-state index in [1.807, 2.05) is 31.2 Å². The summed E-state index contributed by atoms with van der Waals surface area (Å²) >= 11 is 0.928. The third-order valence-electron chi connectivity index (χ3n) is 3.50. The second-order valence-corrected chi connectivity index (χ2v) is 6.30. The van der Waals surface area contributed by atoms with E-state index >= 15 is 0 Å². The minimum Gasteiger partial charge on any atom is -0.268 e. The Morgan fingerprint density at radius 1 is 1.04 bits per heavy atom. The van der Waals surface area contributed by atoms with Gasteiger partial charge in [-0.15, -0.1) is 0 Å². The highest BCUT2D eigenvalue weighted by molar-refractivity contribution is 8.18. The Balaban J connectivity index is 1.79. The van der Waals surface area contributed by atoms with Crippen LogP contribution in [-0.4, -0.2) is 16.0 Å². The fraction of sp³-hybridized carbons (Fsp3) is 0.111. The largest absolute Gasteiger partial charge is 0.293 e. The molecule has 5 heteroatoms. The summed E-state index contributed by atoms with van der Waals surface area (Å²) in [7, 11) is 0. The highest BCUT2D eigenvalue weighted by Gasteiger charge is 2.34. The average Bonchev–Trinajstić information content (AvgIpc) is 2.79. The molecule has 1 aliphatic rings. The van der Waals surface area contributed by atoms with Crippen LogP contribution in [0, 0.1) is 12.7 Å². The maximum absolute atomic E-state index is 12.9.